The maximum Gasteiger partial charge on any atom is 0.186 e. The van der Waals surface area contributed by atoms with Crippen molar-refractivity contribution in [3.05, 3.63) is 88.3 Å². The standard InChI is InChI=1S/C20H16O4S/c1-25(22,23)19-11-8-15(9-12-19)7-10-18-13-17(21)14-20(24-18)16-5-3-2-4-6-16/h2-14H,1H3. The Kier molecular flexibility index (Phi) is 4.67. The van der Waals surface area contributed by atoms with Crippen LogP contribution >= 0.6 is 0 Å². The Labute approximate surface area is 146 Å². The molecular formula is C20H16O4S. The normalized spacial score (nSPS) is 11.7. The van der Waals surface area contributed by atoms with E-state index < -0.39 is 9.84 Å². The number of hydrogen-bond donors (Lipinski definition) is 0. The molecular weight excluding hydrogens is 336 g/mol. The predicted octanol–water partition coefficient (Wildman–Crippen LogP) is 3.88. The van der Waals surface area contributed by atoms with Crippen LogP contribution in [0, 0.1) is 0 Å². The van der Waals surface area contributed by atoms with Gasteiger partial charge in [-0.25, -0.2) is 8.42 Å². The molecule has 2 aromatic carbocycles. The summed E-state index contributed by atoms with van der Waals surface area (Å²) in [5, 5.41) is 0. The Morgan fingerprint density at radius 3 is 2.20 bits per heavy atom. The monoisotopic (exact) mass is 352 g/mol. The third-order valence-electron chi connectivity index (χ3n) is 3.59. The Balaban J connectivity index is 1.89. The lowest BCUT2D eigenvalue weighted by Gasteiger charge is -2.02. The molecule has 0 unspecified atom stereocenters. The second kappa shape index (κ2) is 6.91. The Bertz CT molecular complexity index is 1060. The lowest BCUT2D eigenvalue weighted by molar-refractivity contribution is 0.554. The summed E-state index contributed by atoms with van der Waals surface area (Å²) in [7, 11) is -3.21. The second-order valence-corrected chi connectivity index (χ2v) is 7.62. The van der Waals surface area contributed by atoms with Crippen molar-refractivity contribution in [3.8, 4) is 11.3 Å². The van der Waals surface area contributed by atoms with E-state index in [-0.39, 0.29) is 10.3 Å². The molecule has 0 radical (unpaired) electrons. The van der Waals surface area contributed by atoms with E-state index in [4.69, 9.17) is 4.42 Å². The highest BCUT2D eigenvalue weighted by Crippen LogP contribution is 2.19. The minimum absolute atomic E-state index is 0.142. The van der Waals surface area contributed by atoms with Crippen molar-refractivity contribution < 1.29 is 12.8 Å². The van der Waals surface area contributed by atoms with Gasteiger partial charge in [0.25, 0.3) is 0 Å². The highest BCUT2D eigenvalue weighted by atomic mass is 32.2. The largest absolute Gasteiger partial charge is 0.456 e. The lowest BCUT2D eigenvalue weighted by atomic mass is 10.1. The average Bonchev–Trinajstić information content (AvgIpc) is 2.60. The lowest BCUT2D eigenvalue weighted by Crippen LogP contribution is -1.98. The molecule has 126 valence electrons. The molecule has 5 heteroatoms. The molecule has 3 aromatic rings. The van der Waals surface area contributed by atoms with E-state index >= 15 is 0 Å². The van der Waals surface area contributed by atoms with Gasteiger partial charge in [0.05, 0.1) is 4.90 Å². The van der Waals surface area contributed by atoms with Crippen LogP contribution < -0.4 is 5.43 Å². The van der Waals surface area contributed by atoms with Gasteiger partial charge in [-0.3, -0.25) is 4.79 Å². The second-order valence-electron chi connectivity index (χ2n) is 5.60. The molecule has 1 aromatic heterocycles. The van der Waals surface area contributed by atoms with Crippen LogP contribution in [-0.2, 0) is 9.84 Å². The van der Waals surface area contributed by atoms with Gasteiger partial charge < -0.3 is 4.42 Å². The molecule has 1 heterocycles. The Hall–Kier alpha value is -2.92. The summed E-state index contributed by atoms with van der Waals surface area (Å²) in [6.45, 7) is 0. The molecule has 25 heavy (non-hydrogen) atoms. The first-order valence-corrected chi connectivity index (χ1v) is 9.50. The van der Waals surface area contributed by atoms with E-state index in [0.29, 0.717) is 11.5 Å². The number of sulfone groups is 1. The fourth-order valence-corrected chi connectivity index (χ4v) is 2.96. The molecule has 3 rings (SSSR count). The van der Waals surface area contributed by atoms with Gasteiger partial charge in [-0.2, -0.15) is 0 Å². The molecule has 0 bridgehead atoms. The summed E-state index contributed by atoms with van der Waals surface area (Å²) >= 11 is 0. The van der Waals surface area contributed by atoms with Gasteiger partial charge in [0, 0.05) is 24.0 Å². The molecule has 4 nitrogen and oxygen atoms in total. The summed E-state index contributed by atoms with van der Waals surface area (Å²) in [4.78, 5) is 12.2. The maximum absolute atomic E-state index is 11.9. The highest BCUT2D eigenvalue weighted by Gasteiger charge is 2.06. The minimum Gasteiger partial charge on any atom is -0.456 e. The zero-order valence-corrected chi connectivity index (χ0v) is 14.4. The van der Waals surface area contributed by atoms with E-state index in [9.17, 15) is 13.2 Å². The molecule has 0 saturated heterocycles. The molecule has 0 aliphatic carbocycles. The van der Waals surface area contributed by atoms with E-state index in [1.54, 1.807) is 36.4 Å². The van der Waals surface area contributed by atoms with Crippen LogP contribution in [0.4, 0.5) is 0 Å². The average molecular weight is 352 g/mol. The van der Waals surface area contributed by atoms with Crippen molar-refractivity contribution in [3.63, 3.8) is 0 Å². The van der Waals surface area contributed by atoms with Crippen molar-refractivity contribution in [2.45, 2.75) is 4.90 Å². The van der Waals surface area contributed by atoms with Crippen LogP contribution in [0.2, 0.25) is 0 Å². The molecule has 0 aliphatic rings. The first-order chi connectivity index (χ1) is 11.9. The molecule has 0 fully saturated rings. The van der Waals surface area contributed by atoms with E-state index in [1.165, 1.54) is 18.4 Å². The smallest absolute Gasteiger partial charge is 0.186 e. The van der Waals surface area contributed by atoms with Gasteiger partial charge in [0.2, 0.25) is 0 Å². The van der Waals surface area contributed by atoms with Gasteiger partial charge >= 0.3 is 0 Å². The molecule has 0 aliphatic heterocycles. The van der Waals surface area contributed by atoms with Gasteiger partial charge in [0.1, 0.15) is 11.5 Å². The summed E-state index contributed by atoms with van der Waals surface area (Å²) in [6.07, 6.45) is 4.62. The van der Waals surface area contributed by atoms with Crippen LogP contribution in [0.5, 0.6) is 0 Å². The highest BCUT2D eigenvalue weighted by molar-refractivity contribution is 7.90. The fourth-order valence-electron chi connectivity index (χ4n) is 2.33. The quantitative estimate of drug-likeness (QED) is 0.715. The van der Waals surface area contributed by atoms with Crippen molar-refractivity contribution in [2.24, 2.45) is 0 Å². The van der Waals surface area contributed by atoms with Crippen molar-refractivity contribution in [1.82, 2.24) is 0 Å². The van der Waals surface area contributed by atoms with E-state index in [0.717, 1.165) is 11.1 Å². The zero-order valence-electron chi connectivity index (χ0n) is 13.5. The van der Waals surface area contributed by atoms with E-state index in [2.05, 4.69) is 0 Å². The molecule has 0 amide bonds. The molecule has 0 saturated carbocycles. The number of benzene rings is 2. The molecule has 0 spiro atoms. The number of rotatable bonds is 4. The van der Waals surface area contributed by atoms with Crippen molar-refractivity contribution in [1.29, 1.82) is 0 Å². The first-order valence-electron chi connectivity index (χ1n) is 7.61. The van der Waals surface area contributed by atoms with Crippen LogP contribution in [0.1, 0.15) is 11.3 Å². The fraction of sp³-hybridized carbons (Fsp3) is 0.0500. The summed E-state index contributed by atoms with van der Waals surface area (Å²) in [6, 6.07) is 18.7. The Morgan fingerprint density at radius 1 is 0.880 bits per heavy atom. The maximum atomic E-state index is 11.9. The predicted molar refractivity (Wildman–Crippen MR) is 98.9 cm³/mol. The third kappa shape index (κ3) is 4.33. The summed E-state index contributed by atoms with van der Waals surface area (Å²) < 4.78 is 28.7. The van der Waals surface area contributed by atoms with Gasteiger partial charge in [-0.15, -0.1) is 0 Å². The molecule has 0 atom stereocenters. The number of hydrogen-bond acceptors (Lipinski definition) is 4. The van der Waals surface area contributed by atoms with Crippen LogP contribution in [-0.4, -0.2) is 14.7 Å². The zero-order chi connectivity index (χ0) is 17.9. The summed E-state index contributed by atoms with van der Waals surface area (Å²) in [5.74, 6) is 0.929. The van der Waals surface area contributed by atoms with E-state index in [1.807, 2.05) is 30.3 Å². The Morgan fingerprint density at radius 2 is 1.56 bits per heavy atom. The van der Waals surface area contributed by atoms with Gasteiger partial charge in [-0.1, -0.05) is 48.5 Å². The van der Waals surface area contributed by atoms with Crippen LogP contribution in [0.15, 0.2) is 80.8 Å². The van der Waals surface area contributed by atoms with Crippen LogP contribution in [0.3, 0.4) is 0 Å². The minimum atomic E-state index is -3.21. The SMILES string of the molecule is CS(=O)(=O)c1ccc(C=Cc2cc(=O)cc(-c3ccccc3)o2)cc1. The first kappa shape index (κ1) is 16.9. The van der Waals surface area contributed by atoms with Crippen molar-refractivity contribution >= 4 is 22.0 Å². The van der Waals surface area contributed by atoms with Crippen LogP contribution in [0.25, 0.3) is 23.5 Å². The third-order valence-corrected chi connectivity index (χ3v) is 4.72. The molecule has 0 N–H and O–H groups in total. The van der Waals surface area contributed by atoms with Gasteiger partial charge in [0.15, 0.2) is 15.3 Å². The topological polar surface area (TPSA) is 64.3 Å². The summed E-state index contributed by atoms with van der Waals surface area (Å²) in [5.41, 5.74) is 1.49. The van der Waals surface area contributed by atoms with Crippen molar-refractivity contribution in [2.75, 3.05) is 6.26 Å². The van der Waals surface area contributed by atoms with Gasteiger partial charge in [-0.05, 0) is 23.8 Å².